The maximum absolute atomic E-state index is 12.9. The predicted octanol–water partition coefficient (Wildman–Crippen LogP) is 3.65. The Kier molecular flexibility index (Phi) is 5.45. The standard InChI is InChI=1S/C10H9Br2F2NO2/c1-2-17-7(16)3-5-8(10(13)14)6(11)4-15-9(5)12/h4,10H,2-3H2,1H3. The molecule has 0 aliphatic heterocycles. The first kappa shape index (κ1) is 14.5. The molecule has 0 atom stereocenters. The van der Waals surface area contributed by atoms with Gasteiger partial charge in [0.1, 0.15) is 4.60 Å². The van der Waals surface area contributed by atoms with Gasteiger partial charge >= 0.3 is 5.97 Å². The highest BCUT2D eigenvalue weighted by Gasteiger charge is 2.22. The normalized spacial score (nSPS) is 10.7. The lowest BCUT2D eigenvalue weighted by Crippen LogP contribution is -2.11. The van der Waals surface area contributed by atoms with Crippen LogP contribution in [0.3, 0.4) is 0 Å². The molecule has 17 heavy (non-hydrogen) atoms. The van der Waals surface area contributed by atoms with Crippen molar-refractivity contribution < 1.29 is 18.3 Å². The first-order chi connectivity index (χ1) is 7.97. The molecule has 1 rings (SSSR count). The molecule has 1 heterocycles. The highest BCUT2D eigenvalue weighted by Crippen LogP contribution is 2.33. The van der Waals surface area contributed by atoms with Gasteiger partial charge in [-0.2, -0.15) is 0 Å². The molecule has 0 spiro atoms. The Morgan fingerprint density at radius 3 is 2.71 bits per heavy atom. The Labute approximate surface area is 114 Å². The van der Waals surface area contributed by atoms with Gasteiger partial charge in [0, 0.05) is 21.8 Å². The Hall–Kier alpha value is -0.560. The van der Waals surface area contributed by atoms with Gasteiger partial charge in [-0.05, 0) is 38.8 Å². The molecular weight excluding hydrogens is 364 g/mol. The zero-order valence-corrected chi connectivity index (χ0v) is 12.0. The summed E-state index contributed by atoms with van der Waals surface area (Å²) in [5, 5.41) is 0. The minimum absolute atomic E-state index is 0.146. The van der Waals surface area contributed by atoms with Crippen molar-refractivity contribution in [1.82, 2.24) is 4.98 Å². The number of esters is 1. The summed E-state index contributed by atoms with van der Waals surface area (Å²) in [7, 11) is 0. The number of nitrogens with zero attached hydrogens (tertiary/aromatic N) is 1. The van der Waals surface area contributed by atoms with E-state index in [-0.39, 0.29) is 33.2 Å². The lowest BCUT2D eigenvalue weighted by Gasteiger charge is -2.11. The summed E-state index contributed by atoms with van der Waals surface area (Å²) in [5.74, 6) is -0.560. The fraction of sp³-hybridized carbons (Fsp3) is 0.400. The third kappa shape index (κ3) is 3.70. The maximum Gasteiger partial charge on any atom is 0.310 e. The molecule has 1 aromatic heterocycles. The monoisotopic (exact) mass is 371 g/mol. The minimum Gasteiger partial charge on any atom is -0.466 e. The fourth-order valence-corrected chi connectivity index (χ4v) is 2.25. The second-order valence-corrected chi connectivity index (χ2v) is 4.68. The van der Waals surface area contributed by atoms with Gasteiger partial charge in [0.25, 0.3) is 6.43 Å². The van der Waals surface area contributed by atoms with Gasteiger partial charge in [-0.1, -0.05) is 0 Å². The van der Waals surface area contributed by atoms with E-state index in [4.69, 9.17) is 4.74 Å². The van der Waals surface area contributed by atoms with Crippen molar-refractivity contribution in [3.63, 3.8) is 0 Å². The molecule has 0 saturated heterocycles. The number of carbonyl (C=O) groups excluding carboxylic acids is 1. The van der Waals surface area contributed by atoms with Gasteiger partial charge in [-0.15, -0.1) is 0 Å². The molecule has 0 radical (unpaired) electrons. The molecule has 3 nitrogen and oxygen atoms in total. The molecule has 0 amide bonds. The van der Waals surface area contributed by atoms with Crippen LogP contribution in [0.2, 0.25) is 0 Å². The first-order valence-corrected chi connectivity index (χ1v) is 6.32. The Morgan fingerprint density at radius 1 is 1.53 bits per heavy atom. The Bertz CT molecular complexity index is 427. The topological polar surface area (TPSA) is 39.2 Å². The quantitative estimate of drug-likeness (QED) is 0.598. The number of aromatic nitrogens is 1. The van der Waals surface area contributed by atoms with Crippen molar-refractivity contribution in [2.45, 2.75) is 19.8 Å². The van der Waals surface area contributed by atoms with Crippen LogP contribution in [0.15, 0.2) is 15.3 Å². The molecular formula is C10H9Br2F2NO2. The minimum atomic E-state index is -2.69. The number of rotatable bonds is 4. The molecule has 0 aromatic carbocycles. The number of ether oxygens (including phenoxy) is 1. The molecule has 0 unspecified atom stereocenters. The molecule has 0 aliphatic carbocycles. The molecule has 0 aliphatic rings. The maximum atomic E-state index is 12.9. The van der Waals surface area contributed by atoms with Crippen molar-refractivity contribution in [3.05, 3.63) is 26.4 Å². The first-order valence-electron chi connectivity index (χ1n) is 4.73. The average Bonchev–Trinajstić information content (AvgIpc) is 2.23. The van der Waals surface area contributed by atoms with Gasteiger partial charge in [-0.3, -0.25) is 4.79 Å². The van der Waals surface area contributed by atoms with Crippen molar-refractivity contribution in [1.29, 1.82) is 0 Å². The zero-order valence-electron chi connectivity index (χ0n) is 8.84. The van der Waals surface area contributed by atoms with Crippen LogP contribution in [-0.2, 0) is 16.0 Å². The van der Waals surface area contributed by atoms with Crippen LogP contribution in [0, 0.1) is 0 Å². The van der Waals surface area contributed by atoms with Crippen LogP contribution in [0.25, 0.3) is 0 Å². The van der Waals surface area contributed by atoms with E-state index in [9.17, 15) is 13.6 Å². The van der Waals surface area contributed by atoms with E-state index >= 15 is 0 Å². The van der Waals surface area contributed by atoms with E-state index in [1.54, 1.807) is 6.92 Å². The van der Waals surface area contributed by atoms with E-state index < -0.39 is 12.4 Å². The largest absolute Gasteiger partial charge is 0.466 e. The van der Waals surface area contributed by atoms with Crippen LogP contribution in [0.4, 0.5) is 8.78 Å². The molecule has 94 valence electrons. The summed E-state index contributed by atoms with van der Waals surface area (Å²) in [6, 6.07) is 0. The number of alkyl halides is 2. The second kappa shape index (κ2) is 6.39. The van der Waals surface area contributed by atoms with Crippen molar-refractivity contribution in [2.75, 3.05) is 6.61 Å². The summed E-state index contributed by atoms with van der Waals surface area (Å²) >= 11 is 6.05. The summed E-state index contributed by atoms with van der Waals surface area (Å²) in [6.45, 7) is 1.86. The fourth-order valence-electron chi connectivity index (χ4n) is 1.28. The molecule has 0 bridgehead atoms. The third-order valence-electron chi connectivity index (χ3n) is 1.97. The SMILES string of the molecule is CCOC(=O)Cc1c(Br)ncc(Br)c1C(F)F. The number of carbonyl (C=O) groups is 1. The van der Waals surface area contributed by atoms with Crippen LogP contribution >= 0.6 is 31.9 Å². The van der Waals surface area contributed by atoms with Crippen molar-refractivity contribution >= 4 is 37.8 Å². The van der Waals surface area contributed by atoms with Crippen molar-refractivity contribution in [2.24, 2.45) is 0 Å². The second-order valence-electron chi connectivity index (χ2n) is 3.07. The summed E-state index contributed by atoms with van der Waals surface area (Å²) in [4.78, 5) is 15.2. The van der Waals surface area contributed by atoms with Crippen LogP contribution in [0.5, 0.6) is 0 Å². The van der Waals surface area contributed by atoms with E-state index in [2.05, 4.69) is 36.8 Å². The van der Waals surface area contributed by atoms with Crippen LogP contribution in [-0.4, -0.2) is 17.6 Å². The average molecular weight is 373 g/mol. The molecule has 0 saturated carbocycles. The van der Waals surface area contributed by atoms with Gasteiger partial charge in [0.2, 0.25) is 0 Å². The smallest absolute Gasteiger partial charge is 0.310 e. The zero-order chi connectivity index (χ0) is 13.0. The summed E-state index contributed by atoms with van der Waals surface area (Å²) < 4.78 is 30.9. The molecule has 0 N–H and O–H groups in total. The van der Waals surface area contributed by atoms with Gasteiger partial charge < -0.3 is 4.74 Å². The van der Waals surface area contributed by atoms with Gasteiger partial charge in [0.15, 0.2) is 0 Å². The molecule has 1 aromatic rings. The third-order valence-corrected chi connectivity index (χ3v) is 3.28. The highest BCUT2D eigenvalue weighted by atomic mass is 79.9. The van der Waals surface area contributed by atoms with E-state index in [0.717, 1.165) is 0 Å². The van der Waals surface area contributed by atoms with Crippen molar-refractivity contribution in [3.8, 4) is 0 Å². The Morgan fingerprint density at radius 2 is 2.18 bits per heavy atom. The summed E-state index contributed by atoms with van der Waals surface area (Å²) in [6.07, 6.45) is -1.66. The number of pyridine rings is 1. The highest BCUT2D eigenvalue weighted by molar-refractivity contribution is 9.11. The number of halogens is 4. The van der Waals surface area contributed by atoms with Crippen LogP contribution < -0.4 is 0 Å². The van der Waals surface area contributed by atoms with Gasteiger partial charge in [0.05, 0.1) is 13.0 Å². The van der Waals surface area contributed by atoms with E-state index in [0.29, 0.717) is 0 Å². The predicted molar refractivity (Wildman–Crippen MR) is 64.9 cm³/mol. The lowest BCUT2D eigenvalue weighted by atomic mass is 10.1. The van der Waals surface area contributed by atoms with E-state index in [1.165, 1.54) is 6.20 Å². The van der Waals surface area contributed by atoms with Crippen LogP contribution in [0.1, 0.15) is 24.5 Å². The lowest BCUT2D eigenvalue weighted by molar-refractivity contribution is -0.142. The number of hydrogen-bond donors (Lipinski definition) is 0. The Balaban J connectivity index is 3.12. The van der Waals surface area contributed by atoms with Gasteiger partial charge in [-0.25, -0.2) is 13.8 Å². The molecule has 0 fully saturated rings. The van der Waals surface area contributed by atoms with E-state index in [1.807, 2.05) is 0 Å². The number of hydrogen-bond acceptors (Lipinski definition) is 3. The summed E-state index contributed by atoms with van der Waals surface area (Å²) in [5.41, 5.74) is -0.0900. The molecule has 7 heteroatoms.